The van der Waals surface area contributed by atoms with Crippen LogP contribution in [0.5, 0.6) is 0 Å². The molecule has 106 valence electrons. The van der Waals surface area contributed by atoms with Gasteiger partial charge in [-0.1, -0.05) is 20.8 Å². The van der Waals surface area contributed by atoms with E-state index in [2.05, 4.69) is 25.9 Å². The molecule has 0 aromatic carbocycles. The largest absolute Gasteiger partial charge is 0.426 e. The number of hydrogen-bond acceptors (Lipinski definition) is 3. The van der Waals surface area contributed by atoms with Crippen LogP contribution in [0, 0.1) is 0 Å². The highest BCUT2D eigenvalue weighted by molar-refractivity contribution is 5.67. The van der Waals surface area contributed by atoms with E-state index in [0.29, 0.717) is 0 Å². The molecule has 0 unspecified atom stereocenters. The first-order chi connectivity index (χ1) is 8.97. The Morgan fingerprint density at radius 1 is 1.32 bits per heavy atom. The summed E-state index contributed by atoms with van der Waals surface area (Å²) in [4.78, 5) is 13.6. The second kappa shape index (κ2) is 5.63. The Labute approximate surface area is 114 Å². The zero-order valence-electron chi connectivity index (χ0n) is 12.1. The molecule has 0 atom stereocenters. The van der Waals surface area contributed by atoms with Crippen molar-refractivity contribution in [2.24, 2.45) is 0 Å². The van der Waals surface area contributed by atoms with Gasteiger partial charge in [0.15, 0.2) is 6.73 Å². The second-order valence-corrected chi connectivity index (χ2v) is 6.08. The molecule has 0 aliphatic carbocycles. The molecule has 5 heteroatoms. The molecule has 1 aromatic heterocycles. The lowest BCUT2D eigenvalue weighted by atomic mass is 9.93. The van der Waals surface area contributed by atoms with Gasteiger partial charge in [-0.3, -0.25) is 0 Å². The van der Waals surface area contributed by atoms with Crippen molar-refractivity contribution in [3.05, 3.63) is 18.0 Å². The normalized spacial score (nSPS) is 16.5. The molecule has 0 spiro atoms. The van der Waals surface area contributed by atoms with Gasteiger partial charge in [-0.05, 0) is 25.3 Å². The Balaban J connectivity index is 1.85. The van der Waals surface area contributed by atoms with Crippen LogP contribution in [0.1, 0.15) is 45.7 Å². The van der Waals surface area contributed by atoms with Crippen molar-refractivity contribution in [2.75, 3.05) is 13.1 Å². The Morgan fingerprint density at radius 3 is 2.58 bits per heavy atom. The molecule has 1 aliphatic rings. The van der Waals surface area contributed by atoms with E-state index in [1.807, 2.05) is 12.3 Å². The van der Waals surface area contributed by atoms with E-state index in [4.69, 9.17) is 4.74 Å². The number of ether oxygens (including phenoxy) is 1. The monoisotopic (exact) mass is 265 g/mol. The minimum absolute atomic E-state index is 0.0160. The molecule has 19 heavy (non-hydrogen) atoms. The first-order valence-corrected chi connectivity index (χ1v) is 6.92. The fraction of sp³-hybridized carbons (Fsp3) is 0.714. The third-order valence-electron chi connectivity index (χ3n) is 3.34. The molecule has 0 bridgehead atoms. The lowest BCUT2D eigenvalue weighted by molar-refractivity contribution is 0.0656. The van der Waals surface area contributed by atoms with Crippen LogP contribution in [-0.2, 0) is 16.9 Å². The first kappa shape index (κ1) is 13.9. The number of carbonyl (C=O) groups is 1. The summed E-state index contributed by atoms with van der Waals surface area (Å²) in [6, 6.07) is 1.97. The summed E-state index contributed by atoms with van der Waals surface area (Å²) in [7, 11) is 0. The van der Waals surface area contributed by atoms with Crippen LogP contribution in [0.3, 0.4) is 0 Å². The van der Waals surface area contributed by atoms with Gasteiger partial charge >= 0.3 is 6.09 Å². The number of carbonyl (C=O) groups excluding carboxylic acids is 1. The van der Waals surface area contributed by atoms with E-state index in [1.54, 1.807) is 9.58 Å². The van der Waals surface area contributed by atoms with E-state index in [9.17, 15) is 4.79 Å². The lowest BCUT2D eigenvalue weighted by Crippen LogP contribution is -2.36. The predicted octanol–water partition coefficient (Wildman–Crippen LogP) is 2.76. The summed E-state index contributed by atoms with van der Waals surface area (Å²) < 4.78 is 6.95. The number of piperidine rings is 1. The molecule has 2 rings (SSSR count). The number of amides is 1. The molecule has 5 nitrogen and oxygen atoms in total. The van der Waals surface area contributed by atoms with Crippen LogP contribution < -0.4 is 0 Å². The van der Waals surface area contributed by atoms with Gasteiger partial charge in [0.05, 0.1) is 5.69 Å². The summed E-state index contributed by atoms with van der Waals surface area (Å²) >= 11 is 0. The third kappa shape index (κ3) is 3.72. The van der Waals surface area contributed by atoms with Crippen LogP contribution in [0.15, 0.2) is 12.3 Å². The SMILES string of the molecule is CC(C)(C)c1ccn(COC(=O)N2CCCCC2)n1. The maximum atomic E-state index is 11.8. The molecule has 1 saturated heterocycles. The highest BCUT2D eigenvalue weighted by atomic mass is 16.6. The van der Waals surface area contributed by atoms with Crippen LogP contribution in [0.2, 0.25) is 0 Å². The Kier molecular flexibility index (Phi) is 4.12. The Morgan fingerprint density at radius 2 is 2.00 bits per heavy atom. The van der Waals surface area contributed by atoms with Gasteiger partial charge in [0.2, 0.25) is 0 Å². The predicted molar refractivity (Wildman–Crippen MR) is 72.8 cm³/mol. The number of nitrogens with zero attached hydrogens (tertiary/aromatic N) is 3. The summed E-state index contributed by atoms with van der Waals surface area (Å²) in [5.74, 6) is 0. The van der Waals surface area contributed by atoms with Gasteiger partial charge in [0, 0.05) is 24.7 Å². The van der Waals surface area contributed by atoms with Crippen LogP contribution in [-0.4, -0.2) is 33.9 Å². The quantitative estimate of drug-likeness (QED) is 0.826. The standard InChI is InChI=1S/C14H23N3O2/c1-14(2,3)12-7-10-17(15-12)11-19-13(18)16-8-5-4-6-9-16/h7,10H,4-6,8-9,11H2,1-3H3. The average Bonchev–Trinajstić information content (AvgIpc) is 2.86. The van der Waals surface area contributed by atoms with Gasteiger partial charge in [0.1, 0.15) is 0 Å². The molecule has 0 saturated carbocycles. The van der Waals surface area contributed by atoms with Crippen molar-refractivity contribution < 1.29 is 9.53 Å². The average molecular weight is 265 g/mol. The number of hydrogen-bond donors (Lipinski definition) is 0. The van der Waals surface area contributed by atoms with Crippen LogP contribution in [0.25, 0.3) is 0 Å². The van der Waals surface area contributed by atoms with Crippen molar-refractivity contribution in [2.45, 2.75) is 52.2 Å². The van der Waals surface area contributed by atoms with E-state index in [1.165, 1.54) is 6.42 Å². The van der Waals surface area contributed by atoms with E-state index in [0.717, 1.165) is 31.6 Å². The highest BCUT2D eigenvalue weighted by Gasteiger charge is 2.19. The minimum Gasteiger partial charge on any atom is -0.426 e. The highest BCUT2D eigenvalue weighted by Crippen LogP contribution is 2.19. The van der Waals surface area contributed by atoms with Crippen LogP contribution in [0.4, 0.5) is 4.79 Å². The third-order valence-corrected chi connectivity index (χ3v) is 3.34. The summed E-state index contributed by atoms with van der Waals surface area (Å²) in [6.07, 6.45) is 4.98. The van der Waals surface area contributed by atoms with Gasteiger partial charge in [-0.25, -0.2) is 9.48 Å². The zero-order valence-corrected chi connectivity index (χ0v) is 12.1. The molecule has 1 amide bonds. The van der Waals surface area contributed by atoms with Crippen LogP contribution >= 0.6 is 0 Å². The summed E-state index contributed by atoms with van der Waals surface area (Å²) in [5.41, 5.74) is 1.02. The van der Waals surface area contributed by atoms with E-state index >= 15 is 0 Å². The fourth-order valence-corrected chi connectivity index (χ4v) is 2.12. The Bertz CT molecular complexity index is 428. The van der Waals surface area contributed by atoms with Crippen molar-refractivity contribution in [3.63, 3.8) is 0 Å². The number of aromatic nitrogens is 2. The first-order valence-electron chi connectivity index (χ1n) is 6.92. The molecular weight excluding hydrogens is 242 g/mol. The molecule has 2 heterocycles. The van der Waals surface area contributed by atoms with E-state index < -0.39 is 0 Å². The fourth-order valence-electron chi connectivity index (χ4n) is 2.12. The zero-order chi connectivity index (χ0) is 13.9. The molecule has 1 aliphatic heterocycles. The molecule has 1 aromatic rings. The van der Waals surface area contributed by atoms with Gasteiger partial charge in [-0.2, -0.15) is 5.10 Å². The lowest BCUT2D eigenvalue weighted by Gasteiger charge is -2.25. The molecular formula is C14H23N3O2. The maximum absolute atomic E-state index is 11.8. The van der Waals surface area contributed by atoms with Crippen molar-refractivity contribution in [3.8, 4) is 0 Å². The Hall–Kier alpha value is -1.52. The van der Waals surface area contributed by atoms with Crippen molar-refractivity contribution in [1.82, 2.24) is 14.7 Å². The number of rotatable bonds is 2. The van der Waals surface area contributed by atoms with Crippen molar-refractivity contribution >= 4 is 6.09 Å². The topological polar surface area (TPSA) is 47.4 Å². The molecule has 0 N–H and O–H groups in total. The molecule has 0 radical (unpaired) electrons. The number of likely N-dealkylation sites (tertiary alicyclic amines) is 1. The van der Waals surface area contributed by atoms with E-state index in [-0.39, 0.29) is 18.2 Å². The van der Waals surface area contributed by atoms with Gasteiger partial charge in [0.25, 0.3) is 0 Å². The summed E-state index contributed by atoms with van der Waals surface area (Å²) in [5, 5.41) is 4.42. The minimum atomic E-state index is -0.229. The second-order valence-electron chi connectivity index (χ2n) is 6.08. The smallest absolute Gasteiger partial charge is 0.411 e. The molecule has 1 fully saturated rings. The maximum Gasteiger partial charge on any atom is 0.411 e. The van der Waals surface area contributed by atoms with Gasteiger partial charge < -0.3 is 9.64 Å². The van der Waals surface area contributed by atoms with Gasteiger partial charge in [-0.15, -0.1) is 0 Å². The summed E-state index contributed by atoms with van der Waals surface area (Å²) in [6.45, 7) is 8.14. The van der Waals surface area contributed by atoms with Crippen molar-refractivity contribution in [1.29, 1.82) is 0 Å².